The highest BCUT2D eigenvalue weighted by molar-refractivity contribution is 5.79. The molecule has 0 aliphatic heterocycles. The number of aryl methyl sites for hydroxylation is 2. The van der Waals surface area contributed by atoms with Crippen molar-refractivity contribution < 1.29 is 4.79 Å². The Hall–Kier alpha value is -3.40. The van der Waals surface area contributed by atoms with Crippen LogP contribution in [0, 0.1) is 0 Å². The second-order valence-electron chi connectivity index (χ2n) is 8.92. The van der Waals surface area contributed by atoms with Crippen LogP contribution in [-0.4, -0.2) is 22.0 Å². The van der Waals surface area contributed by atoms with E-state index in [4.69, 9.17) is 4.98 Å². The number of carbonyl (C=O) groups excluding carboxylic acids is 1. The van der Waals surface area contributed by atoms with Crippen LogP contribution >= 0.6 is 0 Å². The Morgan fingerprint density at radius 2 is 1.56 bits per heavy atom. The summed E-state index contributed by atoms with van der Waals surface area (Å²) in [7, 11) is 0. The third kappa shape index (κ3) is 6.34. The SMILES string of the molecule is CCCCCCn1c(CCCNC(=O)Cc2ccc(-c3ccccc3)cc2)nc2ccccc21. The van der Waals surface area contributed by atoms with Gasteiger partial charge in [0.2, 0.25) is 5.91 Å². The first-order chi connectivity index (χ1) is 16.7. The van der Waals surface area contributed by atoms with Gasteiger partial charge in [-0.3, -0.25) is 4.79 Å². The Morgan fingerprint density at radius 3 is 2.35 bits per heavy atom. The van der Waals surface area contributed by atoms with Gasteiger partial charge < -0.3 is 9.88 Å². The molecule has 34 heavy (non-hydrogen) atoms. The van der Waals surface area contributed by atoms with E-state index in [0.717, 1.165) is 36.3 Å². The van der Waals surface area contributed by atoms with Gasteiger partial charge in [-0.05, 0) is 41.7 Å². The van der Waals surface area contributed by atoms with Crippen molar-refractivity contribution >= 4 is 16.9 Å². The van der Waals surface area contributed by atoms with E-state index in [1.807, 2.05) is 36.4 Å². The molecule has 4 aromatic rings. The molecule has 0 unspecified atom stereocenters. The van der Waals surface area contributed by atoms with E-state index in [2.05, 4.69) is 59.3 Å². The predicted octanol–water partition coefficient (Wildman–Crippen LogP) is 6.58. The maximum absolute atomic E-state index is 12.5. The van der Waals surface area contributed by atoms with Crippen molar-refractivity contribution in [2.24, 2.45) is 0 Å². The molecule has 0 aliphatic rings. The number of rotatable bonds is 12. The van der Waals surface area contributed by atoms with Crippen molar-refractivity contribution in [1.82, 2.24) is 14.9 Å². The van der Waals surface area contributed by atoms with Gasteiger partial charge in [-0.1, -0.05) is 92.9 Å². The molecule has 3 aromatic carbocycles. The summed E-state index contributed by atoms with van der Waals surface area (Å²) in [5.74, 6) is 1.20. The fourth-order valence-electron chi connectivity index (χ4n) is 4.43. The molecule has 4 nitrogen and oxygen atoms in total. The number of hydrogen-bond acceptors (Lipinski definition) is 2. The van der Waals surface area contributed by atoms with Crippen LogP contribution in [0.1, 0.15) is 50.4 Å². The summed E-state index contributed by atoms with van der Waals surface area (Å²) < 4.78 is 2.38. The lowest BCUT2D eigenvalue weighted by molar-refractivity contribution is -0.120. The average Bonchev–Trinajstić information content (AvgIpc) is 3.23. The molecule has 0 fully saturated rings. The van der Waals surface area contributed by atoms with Crippen molar-refractivity contribution in [3.8, 4) is 11.1 Å². The quantitative estimate of drug-likeness (QED) is 0.246. The Balaban J connectivity index is 1.26. The van der Waals surface area contributed by atoms with Crippen LogP contribution < -0.4 is 5.32 Å². The van der Waals surface area contributed by atoms with Crippen LogP contribution in [0.4, 0.5) is 0 Å². The zero-order valence-electron chi connectivity index (χ0n) is 20.2. The summed E-state index contributed by atoms with van der Waals surface area (Å²) in [6, 6.07) is 26.9. The number of imidazole rings is 1. The molecule has 1 aromatic heterocycles. The fourth-order valence-corrected chi connectivity index (χ4v) is 4.43. The lowest BCUT2D eigenvalue weighted by Gasteiger charge is -2.10. The maximum atomic E-state index is 12.5. The first kappa shape index (κ1) is 23.7. The first-order valence-corrected chi connectivity index (χ1v) is 12.6. The van der Waals surface area contributed by atoms with E-state index in [1.165, 1.54) is 42.3 Å². The molecule has 1 N–H and O–H groups in total. The summed E-state index contributed by atoms with van der Waals surface area (Å²) in [5, 5.41) is 3.08. The summed E-state index contributed by atoms with van der Waals surface area (Å²) in [4.78, 5) is 17.3. The number of amides is 1. The summed E-state index contributed by atoms with van der Waals surface area (Å²) in [6.45, 7) is 3.92. The number of carbonyl (C=O) groups is 1. The Labute approximate surface area is 203 Å². The van der Waals surface area contributed by atoms with Crippen molar-refractivity contribution in [3.63, 3.8) is 0 Å². The Kier molecular flexibility index (Phi) is 8.50. The number of benzene rings is 3. The van der Waals surface area contributed by atoms with E-state index in [9.17, 15) is 4.79 Å². The highest BCUT2D eigenvalue weighted by atomic mass is 16.1. The van der Waals surface area contributed by atoms with Gasteiger partial charge in [-0.25, -0.2) is 4.98 Å². The minimum atomic E-state index is 0.0699. The molecule has 1 heterocycles. The molecular weight excluding hydrogens is 418 g/mol. The lowest BCUT2D eigenvalue weighted by Crippen LogP contribution is -2.26. The minimum absolute atomic E-state index is 0.0699. The third-order valence-electron chi connectivity index (χ3n) is 6.29. The van der Waals surface area contributed by atoms with E-state index in [0.29, 0.717) is 13.0 Å². The summed E-state index contributed by atoms with van der Waals surface area (Å²) >= 11 is 0. The van der Waals surface area contributed by atoms with Gasteiger partial charge in [0.1, 0.15) is 5.82 Å². The Morgan fingerprint density at radius 1 is 0.824 bits per heavy atom. The zero-order valence-corrected chi connectivity index (χ0v) is 20.2. The molecule has 0 aliphatic carbocycles. The maximum Gasteiger partial charge on any atom is 0.224 e. The number of para-hydroxylation sites is 2. The van der Waals surface area contributed by atoms with Gasteiger partial charge in [0.05, 0.1) is 17.5 Å². The Bertz CT molecular complexity index is 1180. The molecule has 0 bridgehead atoms. The number of nitrogens with zero attached hydrogens (tertiary/aromatic N) is 2. The van der Waals surface area contributed by atoms with Crippen molar-refractivity contribution in [2.45, 2.75) is 58.4 Å². The van der Waals surface area contributed by atoms with Gasteiger partial charge in [0.15, 0.2) is 0 Å². The van der Waals surface area contributed by atoms with Crippen LogP contribution in [0.5, 0.6) is 0 Å². The zero-order chi connectivity index (χ0) is 23.6. The van der Waals surface area contributed by atoms with Crippen molar-refractivity contribution in [3.05, 3.63) is 90.3 Å². The molecule has 0 atom stereocenters. The third-order valence-corrected chi connectivity index (χ3v) is 6.29. The minimum Gasteiger partial charge on any atom is -0.356 e. The van der Waals surface area contributed by atoms with E-state index < -0.39 is 0 Å². The van der Waals surface area contributed by atoms with Crippen molar-refractivity contribution in [1.29, 1.82) is 0 Å². The molecule has 0 saturated carbocycles. The molecule has 4 rings (SSSR count). The van der Waals surface area contributed by atoms with Crippen LogP contribution in [0.15, 0.2) is 78.9 Å². The average molecular weight is 454 g/mol. The van der Waals surface area contributed by atoms with Crippen molar-refractivity contribution in [2.75, 3.05) is 6.54 Å². The standard InChI is InChI=1S/C30H35N3O/c1-2-3-4-10-22-33-28-15-9-8-14-27(28)32-29(33)16-11-21-31-30(34)23-24-17-19-26(20-18-24)25-12-6-5-7-13-25/h5-9,12-15,17-20H,2-4,10-11,16,21-23H2,1H3,(H,31,34). The van der Waals surface area contributed by atoms with E-state index in [1.54, 1.807) is 0 Å². The van der Waals surface area contributed by atoms with Crippen LogP contribution in [-0.2, 0) is 24.2 Å². The summed E-state index contributed by atoms with van der Waals surface area (Å²) in [5.41, 5.74) is 5.68. The first-order valence-electron chi connectivity index (χ1n) is 12.6. The fraction of sp³-hybridized carbons (Fsp3) is 0.333. The molecule has 176 valence electrons. The molecule has 0 spiro atoms. The monoisotopic (exact) mass is 453 g/mol. The molecule has 1 amide bonds. The molecule has 0 saturated heterocycles. The number of fused-ring (bicyclic) bond motifs is 1. The number of unbranched alkanes of at least 4 members (excludes halogenated alkanes) is 3. The van der Waals surface area contributed by atoms with Crippen LogP contribution in [0.3, 0.4) is 0 Å². The predicted molar refractivity (Wildman–Crippen MR) is 141 cm³/mol. The van der Waals surface area contributed by atoms with Gasteiger partial charge in [-0.15, -0.1) is 0 Å². The highest BCUT2D eigenvalue weighted by Gasteiger charge is 2.10. The van der Waals surface area contributed by atoms with Crippen LogP contribution in [0.2, 0.25) is 0 Å². The van der Waals surface area contributed by atoms with E-state index in [-0.39, 0.29) is 5.91 Å². The molecule has 4 heteroatoms. The number of nitrogens with one attached hydrogen (secondary N) is 1. The highest BCUT2D eigenvalue weighted by Crippen LogP contribution is 2.20. The van der Waals surface area contributed by atoms with Gasteiger partial charge in [-0.2, -0.15) is 0 Å². The van der Waals surface area contributed by atoms with Gasteiger partial charge in [0.25, 0.3) is 0 Å². The largest absolute Gasteiger partial charge is 0.356 e. The molecular formula is C30H35N3O. The number of hydrogen-bond donors (Lipinski definition) is 1. The lowest BCUT2D eigenvalue weighted by atomic mass is 10.0. The smallest absolute Gasteiger partial charge is 0.224 e. The topological polar surface area (TPSA) is 46.9 Å². The van der Waals surface area contributed by atoms with Gasteiger partial charge in [0, 0.05) is 19.5 Å². The van der Waals surface area contributed by atoms with Crippen LogP contribution in [0.25, 0.3) is 22.2 Å². The summed E-state index contributed by atoms with van der Waals surface area (Å²) in [6.07, 6.45) is 7.12. The second-order valence-corrected chi connectivity index (χ2v) is 8.92. The second kappa shape index (κ2) is 12.2. The number of aromatic nitrogens is 2. The van der Waals surface area contributed by atoms with E-state index >= 15 is 0 Å². The van der Waals surface area contributed by atoms with Gasteiger partial charge >= 0.3 is 0 Å². The molecule has 0 radical (unpaired) electrons. The normalized spacial score (nSPS) is 11.1.